The first-order valence-corrected chi connectivity index (χ1v) is 11.1. The number of nitrogens with zero attached hydrogens (tertiary/aromatic N) is 2. The second kappa shape index (κ2) is 11.9. The minimum atomic E-state index is -0.437. The summed E-state index contributed by atoms with van der Waals surface area (Å²) in [6.07, 6.45) is 1.56. The fourth-order valence-electron chi connectivity index (χ4n) is 2.58. The third-order valence-corrected chi connectivity index (χ3v) is 5.51. The van der Waals surface area contributed by atoms with E-state index in [1.165, 1.54) is 23.9 Å². The van der Waals surface area contributed by atoms with Crippen molar-refractivity contribution in [1.82, 2.24) is 5.43 Å². The van der Waals surface area contributed by atoms with E-state index < -0.39 is 4.92 Å². The second-order valence-electron chi connectivity index (χ2n) is 6.69. The minimum absolute atomic E-state index is 0.0460. The molecular formula is C23H20ClN3O4S. The number of ether oxygens (including phenoxy) is 1. The quantitative estimate of drug-likeness (QED) is 0.250. The molecule has 0 saturated carbocycles. The van der Waals surface area contributed by atoms with Gasteiger partial charge in [0.1, 0.15) is 12.4 Å². The molecule has 1 amide bonds. The van der Waals surface area contributed by atoms with Gasteiger partial charge in [0.2, 0.25) is 5.91 Å². The maximum atomic E-state index is 11.9. The maximum Gasteiger partial charge on any atom is 0.269 e. The molecule has 0 atom stereocenters. The highest BCUT2D eigenvalue weighted by molar-refractivity contribution is 7.99. The zero-order chi connectivity index (χ0) is 22.8. The molecule has 0 aliphatic rings. The van der Waals surface area contributed by atoms with Crippen LogP contribution in [0.25, 0.3) is 0 Å². The summed E-state index contributed by atoms with van der Waals surface area (Å²) in [5.41, 5.74) is 5.30. The van der Waals surface area contributed by atoms with Crippen molar-refractivity contribution in [1.29, 1.82) is 0 Å². The van der Waals surface area contributed by atoms with E-state index in [4.69, 9.17) is 16.3 Å². The van der Waals surface area contributed by atoms with Gasteiger partial charge in [0.05, 0.1) is 16.9 Å². The highest BCUT2D eigenvalue weighted by Crippen LogP contribution is 2.17. The SMILES string of the molecule is O=C(CSCc1ccc(Cl)cc1)N/N=C/c1ccc(OCc2ccc([N+](=O)[O-])cc2)cc1. The van der Waals surface area contributed by atoms with Crippen LogP contribution in [0.3, 0.4) is 0 Å². The Morgan fingerprint density at radius 3 is 2.34 bits per heavy atom. The Bertz CT molecular complexity index is 1070. The molecule has 3 rings (SSSR count). The number of halogens is 1. The molecule has 0 fully saturated rings. The number of nitrogens with one attached hydrogen (secondary N) is 1. The number of nitro benzene ring substituents is 1. The topological polar surface area (TPSA) is 93.8 Å². The number of benzene rings is 3. The van der Waals surface area contributed by atoms with Gasteiger partial charge in [-0.2, -0.15) is 5.10 Å². The number of non-ortho nitro benzene ring substituents is 1. The highest BCUT2D eigenvalue weighted by atomic mass is 35.5. The van der Waals surface area contributed by atoms with Gasteiger partial charge < -0.3 is 4.74 Å². The van der Waals surface area contributed by atoms with Gasteiger partial charge in [0.15, 0.2) is 0 Å². The summed E-state index contributed by atoms with van der Waals surface area (Å²) in [4.78, 5) is 22.1. The number of carbonyl (C=O) groups is 1. The Labute approximate surface area is 194 Å². The molecular weight excluding hydrogens is 450 g/mol. The zero-order valence-corrected chi connectivity index (χ0v) is 18.5. The number of carbonyl (C=O) groups excluding carboxylic acids is 1. The number of hydrogen-bond acceptors (Lipinski definition) is 6. The van der Waals surface area contributed by atoms with Gasteiger partial charge in [-0.25, -0.2) is 5.43 Å². The fraction of sp³-hybridized carbons (Fsp3) is 0.130. The van der Waals surface area contributed by atoms with Gasteiger partial charge in [-0.3, -0.25) is 14.9 Å². The Hall–Kier alpha value is -3.36. The molecule has 0 aromatic heterocycles. The molecule has 164 valence electrons. The first kappa shape index (κ1) is 23.3. The summed E-state index contributed by atoms with van der Waals surface area (Å²) in [6, 6.07) is 21.0. The van der Waals surface area contributed by atoms with Gasteiger partial charge >= 0.3 is 0 Å². The van der Waals surface area contributed by atoms with Gasteiger partial charge in [0, 0.05) is 22.9 Å². The Morgan fingerprint density at radius 2 is 1.69 bits per heavy atom. The molecule has 9 heteroatoms. The maximum absolute atomic E-state index is 11.9. The van der Waals surface area contributed by atoms with E-state index in [-0.39, 0.29) is 11.6 Å². The smallest absolute Gasteiger partial charge is 0.269 e. The minimum Gasteiger partial charge on any atom is -0.489 e. The average Bonchev–Trinajstić information content (AvgIpc) is 2.80. The summed E-state index contributed by atoms with van der Waals surface area (Å²) in [5.74, 6) is 1.50. The molecule has 0 heterocycles. The molecule has 0 aliphatic carbocycles. The van der Waals surface area contributed by atoms with Crippen LogP contribution >= 0.6 is 23.4 Å². The molecule has 0 saturated heterocycles. The Kier molecular flexibility index (Phi) is 8.65. The molecule has 3 aromatic rings. The van der Waals surface area contributed by atoms with Crippen molar-refractivity contribution in [3.05, 3.63) is 105 Å². The molecule has 0 unspecified atom stereocenters. The normalized spacial score (nSPS) is 10.8. The van der Waals surface area contributed by atoms with Crippen LogP contribution in [0, 0.1) is 10.1 Å². The van der Waals surface area contributed by atoms with Gasteiger partial charge in [-0.05, 0) is 65.2 Å². The molecule has 1 N–H and O–H groups in total. The third-order valence-electron chi connectivity index (χ3n) is 4.25. The number of amides is 1. The number of hydrogen-bond donors (Lipinski definition) is 1. The van der Waals surface area contributed by atoms with Crippen molar-refractivity contribution < 1.29 is 14.5 Å². The number of nitro groups is 1. The van der Waals surface area contributed by atoms with Crippen LogP contribution in [-0.4, -0.2) is 22.8 Å². The molecule has 7 nitrogen and oxygen atoms in total. The first-order valence-electron chi connectivity index (χ1n) is 9.60. The molecule has 0 bridgehead atoms. The average molecular weight is 470 g/mol. The summed E-state index contributed by atoms with van der Waals surface area (Å²) in [5, 5.41) is 15.3. The lowest BCUT2D eigenvalue weighted by Crippen LogP contribution is -2.19. The lowest BCUT2D eigenvalue weighted by Gasteiger charge is -2.06. The van der Waals surface area contributed by atoms with Crippen LogP contribution in [0.5, 0.6) is 5.75 Å². The molecule has 0 spiro atoms. The van der Waals surface area contributed by atoms with Crippen LogP contribution in [0.4, 0.5) is 5.69 Å². The van der Waals surface area contributed by atoms with Crippen LogP contribution < -0.4 is 10.2 Å². The lowest BCUT2D eigenvalue weighted by molar-refractivity contribution is -0.384. The van der Waals surface area contributed by atoms with E-state index in [1.54, 1.807) is 30.5 Å². The predicted molar refractivity (Wildman–Crippen MR) is 127 cm³/mol. The van der Waals surface area contributed by atoms with Crippen LogP contribution in [0.2, 0.25) is 5.02 Å². The lowest BCUT2D eigenvalue weighted by atomic mass is 10.2. The molecule has 0 aliphatic heterocycles. The van der Waals surface area contributed by atoms with Gasteiger partial charge in [0.25, 0.3) is 5.69 Å². The van der Waals surface area contributed by atoms with Crippen molar-refractivity contribution in [2.75, 3.05) is 5.75 Å². The molecule has 3 aromatic carbocycles. The van der Waals surface area contributed by atoms with E-state index in [9.17, 15) is 14.9 Å². The monoisotopic (exact) mass is 469 g/mol. The van der Waals surface area contributed by atoms with Crippen LogP contribution in [0.15, 0.2) is 77.9 Å². The summed E-state index contributed by atoms with van der Waals surface area (Å²) >= 11 is 7.35. The first-order chi connectivity index (χ1) is 15.5. The predicted octanol–water partition coefficient (Wildman–Crippen LogP) is 5.21. The second-order valence-corrected chi connectivity index (χ2v) is 8.12. The summed E-state index contributed by atoms with van der Waals surface area (Å²) in [7, 11) is 0. The zero-order valence-electron chi connectivity index (χ0n) is 16.9. The van der Waals surface area contributed by atoms with E-state index in [1.807, 2.05) is 36.4 Å². The van der Waals surface area contributed by atoms with Gasteiger partial charge in [-0.1, -0.05) is 23.7 Å². The number of rotatable bonds is 10. The number of thioether (sulfide) groups is 1. The van der Waals surface area contributed by atoms with Crippen molar-refractivity contribution in [3.63, 3.8) is 0 Å². The van der Waals surface area contributed by atoms with Crippen LogP contribution in [-0.2, 0) is 17.2 Å². The highest BCUT2D eigenvalue weighted by Gasteiger charge is 2.04. The fourth-order valence-corrected chi connectivity index (χ4v) is 3.49. The van der Waals surface area contributed by atoms with E-state index >= 15 is 0 Å². The summed E-state index contributed by atoms with van der Waals surface area (Å²) in [6.45, 7) is 0.301. The molecule has 32 heavy (non-hydrogen) atoms. The van der Waals surface area contributed by atoms with E-state index in [0.29, 0.717) is 23.1 Å². The van der Waals surface area contributed by atoms with E-state index in [0.717, 1.165) is 22.4 Å². The van der Waals surface area contributed by atoms with Crippen molar-refractivity contribution in [2.45, 2.75) is 12.4 Å². The van der Waals surface area contributed by atoms with Crippen LogP contribution in [0.1, 0.15) is 16.7 Å². The van der Waals surface area contributed by atoms with Crippen molar-refractivity contribution >= 4 is 41.2 Å². The number of hydrazone groups is 1. The van der Waals surface area contributed by atoms with E-state index in [2.05, 4.69) is 10.5 Å². The molecule has 0 radical (unpaired) electrons. The third kappa shape index (κ3) is 7.72. The largest absolute Gasteiger partial charge is 0.489 e. The van der Waals surface area contributed by atoms with Gasteiger partial charge in [-0.15, -0.1) is 11.8 Å². The standard InChI is InChI=1S/C23H20ClN3O4S/c24-20-7-1-19(2-8-20)15-32-16-23(28)26-25-13-17-5-11-22(12-6-17)31-14-18-3-9-21(10-4-18)27(29)30/h1-13H,14-16H2,(H,26,28)/b25-13+. The van der Waals surface area contributed by atoms with Crippen molar-refractivity contribution in [2.24, 2.45) is 5.10 Å². The summed E-state index contributed by atoms with van der Waals surface area (Å²) < 4.78 is 5.68. The van der Waals surface area contributed by atoms with Crippen molar-refractivity contribution in [3.8, 4) is 5.75 Å². The Balaban J connectivity index is 1.38. The Morgan fingerprint density at radius 1 is 1.03 bits per heavy atom.